The highest BCUT2D eigenvalue weighted by molar-refractivity contribution is 7.90. The molecule has 0 atom stereocenters. The summed E-state index contributed by atoms with van der Waals surface area (Å²) >= 11 is 0. The van der Waals surface area contributed by atoms with Crippen LogP contribution in [0.4, 0.5) is 0 Å². The summed E-state index contributed by atoms with van der Waals surface area (Å²) in [5, 5.41) is 9.65. The van der Waals surface area contributed by atoms with Gasteiger partial charge in [-0.2, -0.15) is 8.42 Å². The normalized spacial score (nSPS) is 12.3. The number of phenolic OH excluding ortho intramolecular Hbond substituents is 1. The Kier molecular flexibility index (Phi) is 4.34. The van der Waals surface area contributed by atoms with Gasteiger partial charge in [0.2, 0.25) is 0 Å². The lowest BCUT2D eigenvalue weighted by Crippen LogP contribution is -2.10. The predicted molar refractivity (Wildman–Crippen MR) is 71.6 cm³/mol. The lowest BCUT2D eigenvalue weighted by molar-refractivity contribution is 0.458. The lowest BCUT2D eigenvalue weighted by Gasteiger charge is -2.09. The van der Waals surface area contributed by atoms with Gasteiger partial charge in [0.15, 0.2) is 0 Å². The molecule has 1 rings (SSSR count). The van der Waals surface area contributed by atoms with E-state index in [2.05, 4.69) is 4.40 Å². The fraction of sp³-hybridized carbons (Fsp3) is 0.417. The van der Waals surface area contributed by atoms with Gasteiger partial charge >= 0.3 is 0 Å². The molecule has 0 bridgehead atoms. The van der Waals surface area contributed by atoms with Crippen molar-refractivity contribution in [1.82, 2.24) is 4.90 Å². The zero-order valence-corrected chi connectivity index (χ0v) is 11.8. The minimum Gasteiger partial charge on any atom is -0.507 e. The van der Waals surface area contributed by atoms with Gasteiger partial charge in [-0.3, -0.25) is 0 Å². The van der Waals surface area contributed by atoms with Gasteiger partial charge in [0, 0.05) is 14.1 Å². The van der Waals surface area contributed by atoms with E-state index in [0.717, 1.165) is 5.56 Å². The molecule has 0 radical (unpaired) electrons. The maximum absolute atomic E-state index is 11.9. The molecular weight excluding hydrogens is 252 g/mol. The SMILES string of the molecule is CC(C)c1ccc(O)c(S(=O)(=O)N=CN(C)C)c1. The molecule has 0 aliphatic rings. The third-order valence-electron chi connectivity index (χ3n) is 2.35. The Hall–Kier alpha value is -1.56. The zero-order valence-electron chi connectivity index (χ0n) is 11.0. The van der Waals surface area contributed by atoms with Gasteiger partial charge in [0.25, 0.3) is 10.0 Å². The molecule has 6 heteroatoms. The van der Waals surface area contributed by atoms with Crippen molar-refractivity contribution >= 4 is 16.4 Å². The summed E-state index contributed by atoms with van der Waals surface area (Å²) < 4.78 is 27.4. The van der Waals surface area contributed by atoms with Crippen molar-refractivity contribution in [1.29, 1.82) is 0 Å². The Morgan fingerprint density at radius 3 is 2.44 bits per heavy atom. The first kappa shape index (κ1) is 14.5. The van der Waals surface area contributed by atoms with Crippen molar-refractivity contribution < 1.29 is 13.5 Å². The lowest BCUT2D eigenvalue weighted by atomic mass is 10.0. The Labute approximate surface area is 108 Å². The van der Waals surface area contributed by atoms with Gasteiger partial charge in [0.05, 0.1) is 0 Å². The Morgan fingerprint density at radius 2 is 1.94 bits per heavy atom. The van der Waals surface area contributed by atoms with E-state index in [4.69, 9.17) is 0 Å². The van der Waals surface area contributed by atoms with Gasteiger partial charge in [-0.15, -0.1) is 4.40 Å². The number of sulfonamides is 1. The molecule has 0 amide bonds. The summed E-state index contributed by atoms with van der Waals surface area (Å²) in [5.74, 6) is -0.104. The van der Waals surface area contributed by atoms with Crippen LogP contribution in [-0.4, -0.2) is 38.9 Å². The number of phenols is 1. The summed E-state index contributed by atoms with van der Waals surface area (Å²) in [4.78, 5) is 1.35. The molecule has 0 fully saturated rings. The fourth-order valence-electron chi connectivity index (χ4n) is 1.31. The number of rotatable bonds is 4. The van der Waals surface area contributed by atoms with E-state index < -0.39 is 10.0 Å². The van der Waals surface area contributed by atoms with E-state index in [1.54, 1.807) is 20.2 Å². The molecule has 0 unspecified atom stereocenters. The van der Waals surface area contributed by atoms with Gasteiger partial charge in [0.1, 0.15) is 17.0 Å². The van der Waals surface area contributed by atoms with E-state index in [-0.39, 0.29) is 16.6 Å². The fourth-order valence-corrected chi connectivity index (χ4v) is 2.35. The second-order valence-corrected chi connectivity index (χ2v) is 6.14. The van der Waals surface area contributed by atoms with Gasteiger partial charge in [-0.1, -0.05) is 19.9 Å². The van der Waals surface area contributed by atoms with Crippen molar-refractivity contribution in [3.05, 3.63) is 23.8 Å². The van der Waals surface area contributed by atoms with E-state index in [1.165, 1.54) is 23.4 Å². The molecule has 100 valence electrons. The van der Waals surface area contributed by atoms with Crippen molar-refractivity contribution in [2.24, 2.45) is 4.40 Å². The van der Waals surface area contributed by atoms with E-state index in [0.29, 0.717) is 0 Å². The molecule has 1 aromatic rings. The summed E-state index contributed by atoms with van der Waals surface area (Å²) in [5.41, 5.74) is 0.839. The number of benzene rings is 1. The van der Waals surface area contributed by atoms with Crippen LogP contribution in [0.25, 0.3) is 0 Å². The zero-order chi connectivity index (χ0) is 13.9. The standard InChI is InChI=1S/C12H18N2O3S/c1-9(2)10-5-6-11(15)12(7-10)18(16,17)13-8-14(3)4/h5-9,15H,1-4H3. The van der Waals surface area contributed by atoms with Gasteiger partial charge in [-0.25, -0.2) is 0 Å². The van der Waals surface area contributed by atoms with Crippen LogP contribution >= 0.6 is 0 Å². The molecule has 0 aliphatic heterocycles. The van der Waals surface area contributed by atoms with Crippen LogP contribution < -0.4 is 0 Å². The van der Waals surface area contributed by atoms with Crippen molar-refractivity contribution in [3.63, 3.8) is 0 Å². The molecule has 0 heterocycles. The maximum Gasteiger partial charge on any atom is 0.287 e. The largest absolute Gasteiger partial charge is 0.507 e. The molecule has 1 aromatic carbocycles. The van der Waals surface area contributed by atoms with Gasteiger partial charge < -0.3 is 10.0 Å². The monoisotopic (exact) mass is 270 g/mol. The Bertz CT molecular complexity index is 548. The predicted octanol–water partition coefficient (Wildman–Crippen LogP) is 1.79. The molecule has 0 aliphatic carbocycles. The smallest absolute Gasteiger partial charge is 0.287 e. The Balaban J connectivity index is 3.27. The maximum atomic E-state index is 11.9. The third-order valence-corrected chi connectivity index (χ3v) is 3.60. The quantitative estimate of drug-likeness (QED) is 0.669. The number of aromatic hydroxyl groups is 1. The van der Waals surface area contributed by atoms with Gasteiger partial charge in [-0.05, 0) is 23.6 Å². The van der Waals surface area contributed by atoms with Crippen molar-refractivity contribution in [2.75, 3.05) is 14.1 Å². The third kappa shape index (κ3) is 3.46. The minimum absolute atomic E-state index is 0.160. The van der Waals surface area contributed by atoms with E-state index in [9.17, 15) is 13.5 Å². The molecule has 5 nitrogen and oxygen atoms in total. The summed E-state index contributed by atoms with van der Waals surface area (Å²) in [7, 11) is -0.524. The first-order valence-corrected chi connectivity index (χ1v) is 6.98. The number of hydrogen-bond acceptors (Lipinski definition) is 3. The summed E-state index contributed by atoms with van der Waals surface area (Å²) in [6, 6.07) is 4.55. The van der Waals surface area contributed by atoms with E-state index in [1.807, 2.05) is 13.8 Å². The van der Waals surface area contributed by atoms with E-state index >= 15 is 0 Å². The highest BCUT2D eigenvalue weighted by Gasteiger charge is 2.18. The van der Waals surface area contributed by atoms with Crippen LogP contribution in [0.5, 0.6) is 5.75 Å². The molecule has 0 saturated heterocycles. The first-order valence-electron chi connectivity index (χ1n) is 5.54. The van der Waals surface area contributed by atoms with Crippen LogP contribution in [0.2, 0.25) is 0 Å². The van der Waals surface area contributed by atoms with Crippen LogP contribution in [0.3, 0.4) is 0 Å². The molecule has 0 spiro atoms. The average molecular weight is 270 g/mol. The highest BCUT2D eigenvalue weighted by atomic mass is 32.2. The second-order valence-electron chi connectivity index (χ2n) is 4.54. The minimum atomic E-state index is -3.86. The number of hydrogen-bond donors (Lipinski definition) is 1. The molecular formula is C12H18N2O3S. The Morgan fingerprint density at radius 1 is 1.33 bits per heavy atom. The molecule has 1 N–H and O–H groups in total. The summed E-state index contributed by atoms with van der Waals surface area (Å²) in [6.45, 7) is 3.90. The first-order chi connectivity index (χ1) is 8.24. The molecule has 0 aromatic heterocycles. The van der Waals surface area contributed by atoms with Crippen molar-refractivity contribution in [3.8, 4) is 5.75 Å². The highest BCUT2D eigenvalue weighted by Crippen LogP contribution is 2.28. The van der Waals surface area contributed by atoms with Crippen LogP contribution in [0.15, 0.2) is 27.5 Å². The van der Waals surface area contributed by atoms with Crippen LogP contribution in [-0.2, 0) is 10.0 Å². The van der Waals surface area contributed by atoms with Crippen molar-refractivity contribution in [2.45, 2.75) is 24.7 Å². The average Bonchev–Trinajstić information content (AvgIpc) is 2.26. The summed E-state index contributed by atoms with van der Waals surface area (Å²) in [6.07, 6.45) is 1.19. The van der Waals surface area contributed by atoms with Crippen LogP contribution in [0.1, 0.15) is 25.3 Å². The molecule has 0 saturated carbocycles. The second kappa shape index (κ2) is 5.39. The van der Waals surface area contributed by atoms with Crippen LogP contribution in [0, 0.1) is 0 Å². The number of nitrogens with zero attached hydrogens (tertiary/aromatic N) is 2. The topological polar surface area (TPSA) is 70.0 Å². The molecule has 18 heavy (non-hydrogen) atoms.